The van der Waals surface area contributed by atoms with E-state index in [2.05, 4.69) is 13.8 Å². The summed E-state index contributed by atoms with van der Waals surface area (Å²) in [6, 6.07) is 0. The van der Waals surface area contributed by atoms with Crippen LogP contribution in [0.1, 0.15) is 85.5 Å². The van der Waals surface area contributed by atoms with Gasteiger partial charge in [-0.15, -0.1) is 0 Å². The molecule has 0 aromatic rings. The maximum atomic E-state index is 11.9. The third-order valence-electron chi connectivity index (χ3n) is 9.46. The number of hydrogen-bond donors (Lipinski definition) is 0. The summed E-state index contributed by atoms with van der Waals surface area (Å²) in [5, 5.41) is 0. The van der Waals surface area contributed by atoms with E-state index >= 15 is 0 Å². The largest absolute Gasteiger partial charge is 0.462 e. The van der Waals surface area contributed by atoms with Crippen molar-refractivity contribution in [3.63, 3.8) is 0 Å². The molecule has 4 fully saturated rings. The van der Waals surface area contributed by atoms with Gasteiger partial charge < -0.3 is 4.74 Å². The van der Waals surface area contributed by atoms with Crippen LogP contribution in [0.4, 0.5) is 0 Å². The van der Waals surface area contributed by atoms with Gasteiger partial charge in [0.25, 0.3) is 0 Å². The van der Waals surface area contributed by atoms with E-state index in [1.165, 1.54) is 38.5 Å². The van der Waals surface area contributed by atoms with Crippen molar-refractivity contribution in [3.8, 4) is 0 Å². The van der Waals surface area contributed by atoms with Gasteiger partial charge in [-0.2, -0.15) is 0 Å². The average molecular weight is 361 g/mol. The lowest BCUT2D eigenvalue weighted by molar-refractivity contribution is -0.162. The Morgan fingerprint density at radius 3 is 2.23 bits per heavy atom. The fourth-order valence-electron chi connectivity index (χ4n) is 7.97. The van der Waals surface area contributed by atoms with E-state index in [1.54, 1.807) is 13.8 Å². The minimum absolute atomic E-state index is 0.114. The van der Waals surface area contributed by atoms with E-state index in [0.717, 1.165) is 37.0 Å². The second-order valence-electron chi connectivity index (χ2n) is 10.5. The van der Waals surface area contributed by atoms with Gasteiger partial charge in [-0.05, 0) is 93.8 Å². The summed E-state index contributed by atoms with van der Waals surface area (Å²) in [6.07, 6.45) is 11.0. The molecule has 0 aliphatic heterocycles. The normalized spacial score (nSPS) is 50.3. The zero-order valence-electron chi connectivity index (χ0n) is 17.1. The maximum absolute atomic E-state index is 11.9. The Labute approximate surface area is 158 Å². The Kier molecular flexibility index (Phi) is 4.51. The van der Waals surface area contributed by atoms with Crippen LogP contribution in [-0.4, -0.2) is 17.9 Å². The van der Waals surface area contributed by atoms with Crippen molar-refractivity contribution in [2.75, 3.05) is 0 Å². The molecule has 3 nitrogen and oxygen atoms in total. The summed E-state index contributed by atoms with van der Waals surface area (Å²) in [5.74, 6) is 3.67. The zero-order valence-corrected chi connectivity index (χ0v) is 17.1. The van der Waals surface area contributed by atoms with Gasteiger partial charge in [0.05, 0.1) is 0 Å². The van der Waals surface area contributed by atoms with Crippen LogP contribution in [0, 0.1) is 40.4 Å². The SMILES string of the molecule is CC(=O)O[C@H]1CC[C@@H]2[C@@H]3CC[C@@H]4C[C@H](C(C)=O)CC[C@@]4(C)[C@H]3CC[C@@]12C. The smallest absolute Gasteiger partial charge is 0.302 e. The van der Waals surface area contributed by atoms with Gasteiger partial charge in [0.2, 0.25) is 0 Å². The molecule has 0 amide bonds. The fraction of sp³-hybridized carbons (Fsp3) is 0.913. The van der Waals surface area contributed by atoms with Crippen LogP contribution in [-0.2, 0) is 14.3 Å². The first-order chi connectivity index (χ1) is 12.3. The molecule has 0 aromatic heterocycles. The molecule has 0 heterocycles. The van der Waals surface area contributed by atoms with Crippen LogP contribution in [0.15, 0.2) is 0 Å². The molecule has 4 saturated carbocycles. The maximum Gasteiger partial charge on any atom is 0.302 e. The second-order valence-corrected chi connectivity index (χ2v) is 10.5. The van der Waals surface area contributed by atoms with Gasteiger partial charge in [-0.1, -0.05) is 13.8 Å². The highest BCUT2D eigenvalue weighted by atomic mass is 16.5. The minimum atomic E-state index is -0.114. The summed E-state index contributed by atoms with van der Waals surface area (Å²) in [6.45, 7) is 8.29. The van der Waals surface area contributed by atoms with Crippen LogP contribution in [0.3, 0.4) is 0 Å². The van der Waals surface area contributed by atoms with Gasteiger partial charge in [0.1, 0.15) is 11.9 Å². The number of Topliss-reactive ketones (excluding diaryl/α,β-unsaturated/α-hetero) is 1. The van der Waals surface area contributed by atoms with Crippen molar-refractivity contribution in [3.05, 3.63) is 0 Å². The first-order valence-corrected chi connectivity index (χ1v) is 10.9. The summed E-state index contributed by atoms with van der Waals surface area (Å²) in [4.78, 5) is 23.5. The molecular weight excluding hydrogens is 324 g/mol. The van der Waals surface area contributed by atoms with Crippen LogP contribution < -0.4 is 0 Å². The number of carbonyl (C=O) groups is 2. The number of fused-ring (bicyclic) bond motifs is 5. The van der Waals surface area contributed by atoms with Crippen LogP contribution in [0.25, 0.3) is 0 Å². The second kappa shape index (κ2) is 6.34. The van der Waals surface area contributed by atoms with Crippen LogP contribution in [0.2, 0.25) is 0 Å². The average Bonchev–Trinajstić information content (AvgIpc) is 2.90. The van der Waals surface area contributed by atoms with Crippen molar-refractivity contribution < 1.29 is 14.3 Å². The molecule has 0 N–H and O–H groups in total. The molecule has 0 spiro atoms. The summed E-state index contributed by atoms with van der Waals surface area (Å²) >= 11 is 0. The Balaban J connectivity index is 1.55. The van der Waals surface area contributed by atoms with Crippen LogP contribution in [0.5, 0.6) is 0 Å². The predicted octanol–water partition coefficient (Wildman–Crippen LogP) is 5.17. The van der Waals surface area contributed by atoms with E-state index in [-0.39, 0.29) is 17.5 Å². The van der Waals surface area contributed by atoms with E-state index < -0.39 is 0 Å². The van der Waals surface area contributed by atoms with Gasteiger partial charge in [0, 0.05) is 18.3 Å². The molecular formula is C23H36O3. The summed E-state index contributed by atoms with van der Waals surface area (Å²) in [5.41, 5.74) is 0.613. The lowest BCUT2D eigenvalue weighted by Gasteiger charge is -2.60. The van der Waals surface area contributed by atoms with E-state index in [9.17, 15) is 9.59 Å². The predicted molar refractivity (Wildman–Crippen MR) is 101 cm³/mol. The number of ether oxygens (including phenoxy) is 1. The fourth-order valence-corrected chi connectivity index (χ4v) is 7.97. The molecule has 4 rings (SSSR count). The molecule has 26 heavy (non-hydrogen) atoms. The number of rotatable bonds is 2. The first kappa shape index (κ1) is 18.5. The van der Waals surface area contributed by atoms with Gasteiger partial charge >= 0.3 is 5.97 Å². The molecule has 146 valence electrons. The lowest BCUT2D eigenvalue weighted by atomic mass is 9.44. The van der Waals surface area contributed by atoms with Crippen molar-refractivity contribution in [1.29, 1.82) is 0 Å². The number of carbonyl (C=O) groups excluding carboxylic acids is 2. The number of esters is 1. The molecule has 0 bridgehead atoms. The Morgan fingerprint density at radius 1 is 0.846 bits per heavy atom. The highest BCUT2D eigenvalue weighted by Gasteiger charge is 2.61. The minimum Gasteiger partial charge on any atom is -0.462 e. The Morgan fingerprint density at radius 2 is 1.54 bits per heavy atom. The molecule has 0 saturated heterocycles. The number of ketones is 1. The summed E-state index contributed by atoms with van der Waals surface area (Å²) < 4.78 is 5.76. The monoisotopic (exact) mass is 360 g/mol. The van der Waals surface area contributed by atoms with E-state index in [0.29, 0.717) is 23.0 Å². The topological polar surface area (TPSA) is 43.4 Å². The Hall–Kier alpha value is -0.860. The van der Waals surface area contributed by atoms with Gasteiger partial charge in [-0.3, -0.25) is 9.59 Å². The third-order valence-corrected chi connectivity index (χ3v) is 9.46. The van der Waals surface area contributed by atoms with E-state index in [4.69, 9.17) is 4.74 Å². The van der Waals surface area contributed by atoms with Crippen molar-refractivity contribution in [2.24, 2.45) is 40.4 Å². The molecule has 4 aliphatic rings. The first-order valence-electron chi connectivity index (χ1n) is 10.9. The quantitative estimate of drug-likeness (QED) is 0.638. The zero-order chi connectivity index (χ0) is 18.7. The standard InChI is InChI=1S/C23H36O3/c1-14(24)16-9-11-22(3)17(13-16)5-6-18-19-7-8-21(26-15(2)25)23(19,4)12-10-20(18)22/h16-21H,5-13H2,1-4H3/t16-,17-,18+,19-,20+,21+,22-,23-/m1/s1. The summed E-state index contributed by atoms with van der Waals surface area (Å²) in [7, 11) is 0. The highest BCUT2D eigenvalue weighted by Crippen LogP contribution is 2.66. The molecule has 0 aromatic carbocycles. The van der Waals surface area contributed by atoms with Crippen LogP contribution >= 0.6 is 0 Å². The molecule has 0 unspecified atom stereocenters. The van der Waals surface area contributed by atoms with Crippen molar-refractivity contribution in [2.45, 2.75) is 91.6 Å². The molecule has 8 atom stereocenters. The van der Waals surface area contributed by atoms with Gasteiger partial charge in [-0.25, -0.2) is 0 Å². The van der Waals surface area contributed by atoms with E-state index in [1.807, 2.05) is 0 Å². The lowest BCUT2D eigenvalue weighted by Crippen LogP contribution is -2.54. The van der Waals surface area contributed by atoms with Crippen molar-refractivity contribution >= 4 is 11.8 Å². The van der Waals surface area contributed by atoms with Gasteiger partial charge in [0.15, 0.2) is 0 Å². The Bertz CT molecular complexity index is 598. The molecule has 4 aliphatic carbocycles. The molecule has 3 heteroatoms. The molecule has 0 radical (unpaired) electrons. The van der Waals surface area contributed by atoms with Crippen molar-refractivity contribution in [1.82, 2.24) is 0 Å². The third kappa shape index (κ3) is 2.67. The highest BCUT2D eigenvalue weighted by molar-refractivity contribution is 5.78. The number of hydrogen-bond acceptors (Lipinski definition) is 3.